The summed E-state index contributed by atoms with van der Waals surface area (Å²) in [5.41, 5.74) is 2.66. The third kappa shape index (κ3) is 3.20. The number of esters is 1. The molecule has 2 aliphatic heterocycles. The molecule has 0 radical (unpaired) electrons. The highest BCUT2D eigenvalue weighted by atomic mass is 79.9. The Labute approximate surface area is 159 Å². The van der Waals surface area contributed by atoms with Crippen LogP contribution in [-0.2, 0) is 14.3 Å². The van der Waals surface area contributed by atoms with Gasteiger partial charge in [-0.05, 0) is 48.4 Å². The Kier molecular flexibility index (Phi) is 4.42. The van der Waals surface area contributed by atoms with Gasteiger partial charge in [0.2, 0.25) is 11.8 Å². The molecule has 0 aromatic heterocycles. The predicted octanol–water partition coefficient (Wildman–Crippen LogP) is 3.92. The largest absolute Gasteiger partial charge is 0.402 e. The van der Waals surface area contributed by atoms with Crippen molar-refractivity contribution in [2.24, 2.45) is 4.99 Å². The number of benzene rings is 2. The van der Waals surface area contributed by atoms with Gasteiger partial charge in [0.05, 0.1) is 0 Å². The van der Waals surface area contributed by atoms with Crippen molar-refractivity contribution in [3.8, 4) is 0 Å². The fourth-order valence-corrected chi connectivity index (χ4v) is 3.38. The highest BCUT2D eigenvalue weighted by Crippen LogP contribution is 2.25. The number of anilines is 1. The lowest BCUT2D eigenvalue weighted by Gasteiger charge is -2.15. The van der Waals surface area contributed by atoms with E-state index in [-0.39, 0.29) is 17.5 Å². The van der Waals surface area contributed by atoms with E-state index in [2.05, 4.69) is 20.9 Å². The van der Waals surface area contributed by atoms with E-state index in [1.807, 2.05) is 48.5 Å². The highest BCUT2D eigenvalue weighted by molar-refractivity contribution is 9.10. The fraction of sp³-hybridized carbons (Fsp3) is 0.150. The van der Waals surface area contributed by atoms with Gasteiger partial charge in [-0.2, -0.15) is 0 Å². The van der Waals surface area contributed by atoms with Crippen LogP contribution in [0.3, 0.4) is 0 Å². The van der Waals surface area contributed by atoms with Crippen LogP contribution in [0.15, 0.2) is 63.7 Å². The highest BCUT2D eigenvalue weighted by Gasteiger charge is 2.25. The molecule has 26 heavy (non-hydrogen) atoms. The smallest absolute Gasteiger partial charge is 0.363 e. The molecular formula is C20H15BrN2O3. The zero-order chi connectivity index (χ0) is 18.1. The summed E-state index contributed by atoms with van der Waals surface area (Å²) in [6, 6.07) is 14.9. The SMILES string of the molecule is O=C1OC(c2ccc(N3CCCC3=O)cc2)=N/C1=C\c1ccccc1Br. The Hall–Kier alpha value is -2.73. The molecule has 2 aliphatic rings. The second-order valence-electron chi connectivity index (χ2n) is 6.05. The molecule has 0 saturated carbocycles. The van der Waals surface area contributed by atoms with E-state index in [0.717, 1.165) is 28.7 Å². The molecule has 1 saturated heterocycles. The normalized spacial score (nSPS) is 18.4. The summed E-state index contributed by atoms with van der Waals surface area (Å²) in [6.45, 7) is 0.743. The van der Waals surface area contributed by atoms with Gasteiger partial charge < -0.3 is 9.64 Å². The van der Waals surface area contributed by atoms with Crippen LogP contribution in [0.5, 0.6) is 0 Å². The van der Waals surface area contributed by atoms with E-state index >= 15 is 0 Å². The van der Waals surface area contributed by atoms with Gasteiger partial charge in [0.1, 0.15) is 0 Å². The average molecular weight is 411 g/mol. The number of carbonyl (C=O) groups is 2. The van der Waals surface area contributed by atoms with E-state index in [1.165, 1.54) is 0 Å². The van der Waals surface area contributed by atoms with Crippen LogP contribution in [-0.4, -0.2) is 24.3 Å². The lowest BCUT2D eigenvalue weighted by Crippen LogP contribution is -2.23. The van der Waals surface area contributed by atoms with Gasteiger partial charge in [-0.3, -0.25) is 4.79 Å². The van der Waals surface area contributed by atoms with E-state index in [1.54, 1.807) is 11.0 Å². The Morgan fingerprint density at radius 3 is 2.54 bits per heavy atom. The maximum Gasteiger partial charge on any atom is 0.363 e. The van der Waals surface area contributed by atoms with Crippen LogP contribution in [0.1, 0.15) is 24.0 Å². The number of carbonyl (C=O) groups excluding carboxylic acids is 2. The Bertz CT molecular complexity index is 948. The minimum atomic E-state index is -0.477. The third-order valence-electron chi connectivity index (χ3n) is 4.32. The Balaban J connectivity index is 1.59. The monoisotopic (exact) mass is 410 g/mol. The molecule has 0 aliphatic carbocycles. The molecule has 0 bridgehead atoms. The van der Waals surface area contributed by atoms with Crippen molar-refractivity contribution < 1.29 is 14.3 Å². The van der Waals surface area contributed by atoms with Gasteiger partial charge >= 0.3 is 5.97 Å². The molecule has 2 aromatic rings. The Morgan fingerprint density at radius 1 is 1.08 bits per heavy atom. The predicted molar refractivity (Wildman–Crippen MR) is 103 cm³/mol. The minimum absolute atomic E-state index is 0.140. The van der Waals surface area contributed by atoms with Crippen molar-refractivity contribution in [1.82, 2.24) is 0 Å². The Morgan fingerprint density at radius 2 is 1.85 bits per heavy atom. The van der Waals surface area contributed by atoms with Gasteiger partial charge in [-0.25, -0.2) is 9.79 Å². The molecular weight excluding hydrogens is 396 g/mol. The topological polar surface area (TPSA) is 59.0 Å². The van der Waals surface area contributed by atoms with Crippen molar-refractivity contribution in [1.29, 1.82) is 0 Å². The molecule has 1 amide bonds. The van der Waals surface area contributed by atoms with E-state index in [0.29, 0.717) is 12.0 Å². The molecule has 0 unspecified atom stereocenters. The van der Waals surface area contributed by atoms with Crippen LogP contribution in [0.25, 0.3) is 6.08 Å². The van der Waals surface area contributed by atoms with Crippen LogP contribution < -0.4 is 4.90 Å². The molecule has 6 heteroatoms. The summed E-state index contributed by atoms with van der Waals surface area (Å²) in [5, 5.41) is 0. The third-order valence-corrected chi connectivity index (χ3v) is 5.04. The second-order valence-corrected chi connectivity index (χ2v) is 6.91. The maximum absolute atomic E-state index is 12.1. The molecule has 4 rings (SSSR count). The molecule has 2 aromatic carbocycles. The van der Waals surface area contributed by atoms with Gasteiger partial charge in [-0.15, -0.1) is 0 Å². The number of aliphatic imine (C=N–C) groups is 1. The summed E-state index contributed by atoms with van der Waals surface area (Å²) in [4.78, 5) is 30.0. The number of cyclic esters (lactones) is 1. The van der Waals surface area contributed by atoms with Crippen LogP contribution >= 0.6 is 15.9 Å². The molecule has 5 nitrogen and oxygen atoms in total. The minimum Gasteiger partial charge on any atom is -0.402 e. The zero-order valence-corrected chi connectivity index (χ0v) is 15.4. The number of hydrogen-bond acceptors (Lipinski definition) is 4. The summed E-state index contributed by atoms with van der Waals surface area (Å²) in [7, 11) is 0. The van der Waals surface area contributed by atoms with Gasteiger partial charge in [0.25, 0.3) is 0 Å². The number of rotatable bonds is 3. The first-order valence-corrected chi connectivity index (χ1v) is 9.09. The van der Waals surface area contributed by atoms with Gasteiger partial charge in [-0.1, -0.05) is 34.1 Å². The molecule has 0 atom stereocenters. The zero-order valence-electron chi connectivity index (χ0n) is 13.8. The van der Waals surface area contributed by atoms with Gasteiger partial charge in [0.15, 0.2) is 5.70 Å². The average Bonchev–Trinajstić information content (AvgIpc) is 3.23. The standard InChI is InChI=1S/C20H15BrN2O3/c21-16-5-2-1-4-14(16)12-17-20(25)26-19(22-17)13-7-9-15(10-8-13)23-11-3-6-18(23)24/h1-2,4-5,7-10,12H,3,6,11H2/b17-12-. The van der Waals surface area contributed by atoms with E-state index < -0.39 is 5.97 Å². The first-order valence-electron chi connectivity index (χ1n) is 8.30. The number of halogens is 1. The molecule has 0 spiro atoms. The molecule has 130 valence electrons. The van der Waals surface area contributed by atoms with E-state index in [9.17, 15) is 9.59 Å². The van der Waals surface area contributed by atoms with Crippen molar-refractivity contribution in [3.05, 3.63) is 69.8 Å². The van der Waals surface area contributed by atoms with Crippen molar-refractivity contribution >= 4 is 45.5 Å². The summed E-state index contributed by atoms with van der Waals surface area (Å²) < 4.78 is 6.18. The van der Waals surface area contributed by atoms with Crippen LogP contribution in [0.4, 0.5) is 5.69 Å². The molecule has 1 fully saturated rings. The first kappa shape index (κ1) is 16.7. The van der Waals surface area contributed by atoms with Crippen LogP contribution in [0.2, 0.25) is 0 Å². The number of nitrogens with zero attached hydrogens (tertiary/aromatic N) is 2. The molecule has 2 heterocycles. The quantitative estimate of drug-likeness (QED) is 0.568. The molecule has 0 N–H and O–H groups in total. The first-order chi connectivity index (χ1) is 12.6. The second kappa shape index (κ2) is 6.88. The van der Waals surface area contributed by atoms with Crippen molar-refractivity contribution in [2.75, 3.05) is 11.4 Å². The summed E-state index contributed by atoms with van der Waals surface area (Å²) >= 11 is 3.45. The fourth-order valence-electron chi connectivity index (χ4n) is 2.98. The van der Waals surface area contributed by atoms with Crippen LogP contribution in [0, 0.1) is 0 Å². The lowest BCUT2D eigenvalue weighted by atomic mass is 10.2. The number of ether oxygens (including phenoxy) is 1. The number of amides is 1. The van der Waals surface area contributed by atoms with E-state index in [4.69, 9.17) is 4.74 Å². The maximum atomic E-state index is 12.1. The summed E-state index contributed by atoms with van der Waals surface area (Å²) in [6.07, 6.45) is 3.17. The summed E-state index contributed by atoms with van der Waals surface area (Å²) in [5.74, 6) is -0.0665. The van der Waals surface area contributed by atoms with Gasteiger partial charge in [0, 0.05) is 28.7 Å². The lowest BCUT2D eigenvalue weighted by molar-refractivity contribution is -0.130. The number of hydrogen-bond donors (Lipinski definition) is 0. The van der Waals surface area contributed by atoms with Crippen molar-refractivity contribution in [2.45, 2.75) is 12.8 Å². The van der Waals surface area contributed by atoms with Crippen molar-refractivity contribution in [3.63, 3.8) is 0 Å².